The first-order chi connectivity index (χ1) is 9.71. The predicted molar refractivity (Wildman–Crippen MR) is 68.6 cm³/mol. The fourth-order valence-electron chi connectivity index (χ4n) is 2.05. The minimum absolute atomic E-state index is 0.282. The van der Waals surface area contributed by atoms with E-state index in [2.05, 4.69) is 0 Å². The molecule has 0 heterocycles. The highest BCUT2D eigenvalue weighted by Crippen LogP contribution is 2.34. The molecule has 0 aliphatic heterocycles. The second-order valence-corrected chi connectivity index (χ2v) is 4.69. The van der Waals surface area contributed by atoms with Crippen LogP contribution < -0.4 is 5.73 Å². The first-order valence-corrected chi connectivity index (χ1v) is 6.09. The van der Waals surface area contributed by atoms with E-state index in [1.807, 2.05) is 0 Å². The van der Waals surface area contributed by atoms with Crippen molar-refractivity contribution in [3.63, 3.8) is 0 Å². The highest BCUT2D eigenvalue weighted by molar-refractivity contribution is 5.37. The first kappa shape index (κ1) is 15.4. The minimum Gasteiger partial charge on any atom is -0.320 e. The van der Waals surface area contributed by atoms with Crippen molar-refractivity contribution < 1.29 is 22.0 Å². The molecule has 2 rings (SSSR count). The molecule has 2 aromatic rings. The molecular weight excluding hydrogens is 289 g/mol. The Balaban J connectivity index is 2.48. The molecule has 0 radical (unpaired) electrons. The Kier molecular flexibility index (Phi) is 4.00. The third kappa shape index (κ3) is 3.05. The lowest BCUT2D eigenvalue weighted by atomic mass is 9.96. The van der Waals surface area contributed by atoms with Gasteiger partial charge in [0.25, 0.3) is 0 Å². The van der Waals surface area contributed by atoms with Crippen molar-refractivity contribution in [3.8, 4) is 0 Å². The summed E-state index contributed by atoms with van der Waals surface area (Å²) in [5, 5.41) is 0. The van der Waals surface area contributed by atoms with Crippen molar-refractivity contribution in [3.05, 3.63) is 70.3 Å². The van der Waals surface area contributed by atoms with Crippen LogP contribution in [0.2, 0.25) is 0 Å². The van der Waals surface area contributed by atoms with E-state index < -0.39 is 29.4 Å². The maximum absolute atomic E-state index is 14.0. The molecule has 1 unspecified atom stereocenters. The van der Waals surface area contributed by atoms with Gasteiger partial charge in [0.2, 0.25) is 0 Å². The standard InChI is InChI=1S/C15H12F5N/c1-8-7-9(5-6-12(8)16)14(21)10-3-2-4-11(13(10)17)15(18,19)20/h2-7,14H,21H2,1H3. The van der Waals surface area contributed by atoms with Gasteiger partial charge in [0.05, 0.1) is 11.6 Å². The van der Waals surface area contributed by atoms with Gasteiger partial charge in [-0.15, -0.1) is 0 Å². The largest absolute Gasteiger partial charge is 0.419 e. The molecule has 2 aromatic carbocycles. The second-order valence-electron chi connectivity index (χ2n) is 4.69. The molecule has 0 saturated heterocycles. The minimum atomic E-state index is -4.79. The molecule has 112 valence electrons. The number of halogens is 5. The molecule has 0 fully saturated rings. The molecule has 2 N–H and O–H groups in total. The lowest BCUT2D eigenvalue weighted by Gasteiger charge is -2.17. The topological polar surface area (TPSA) is 26.0 Å². The van der Waals surface area contributed by atoms with Crippen LogP contribution in [0.3, 0.4) is 0 Å². The van der Waals surface area contributed by atoms with Gasteiger partial charge < -0.3 is 5.73 Å². The molecule has 0 aromatic heterocycles. The van der Waals surface area contributed by atoms with E-state index in [-0.39, 0.29) is 11.1 Å². The van der Waals surface area contributed by atoms with Gasteiger partial charge in [-0.1, -0.05) is 24.3 Å². The van der Waals surface area contributed by atoms with Crippen LogP contribution in [0, 0.1) is 18.6 Å². The van der Waals surface area contributed by atoms with Gasteiger partial charge in [-0.3, -0.25) is 0 Å². The van der Waals surface area contributed by atoms with Crippen molar-refractivity contribution in [1.82, 2.24) is 0 Å². The fourth-order valence-corrected chi connectivity index (χ4v) is 2.05. The van der Waals surface area contributed by atoms with Crippen molar-refractivity contribution >= 4 is 0 Å². The van der Waals surface area contributed by atoms with Crippen LogP contribution >= 0.6 is 0 Å². The summed E-state index contributed by atoms with van der Waals surface area (Å²) in [5.74, 6) is -1.87. The number of alkyl halides is 3. The zero-order valence-corrected chi connectivity index (χ0v) is 11.0. The summed E-state index contributed by atoms with van der Waals surface area (Å²) in [5.41, 5.74) is 4.80. The van der Waals surface area contributed by atoms with Gasteiger partial charge in [-0.25, -0.2) is 8.78 Å². The van der Waals surface area contributed by atoms with Crippen LogP contribution in [0.1, 0.15) is 28.3 Å². The monoisotopic (exact) mass is 301 g/mol. The van der Waals surface area contributed by atoms with Gasteiger partial charge >= 0.3 is 6.18 Å². The molecule has 1 nitrogen and oxygen atoms in total. The Bertz CT molecular complexity index is 664. The zero-order valence-electron chi connectivity index (χ0n) is 11.0. The number of aryl methyl sites for hydroxylation is 1. The van der Waals surface area contributed by atoms with Crippen LogP contribution in [0.25, 0.3) is 0 Å². The molecule has 1 atom stereocenters. The van der Waals surface area contributed by atoms with Crippen molar-refractivity contribution in [1.29, 1.82) is 0 Å². The molecule has 0 bridgehead atoms. The quantitative estimate of drug-likeness (QED) is 0.820. The van der Waals surface area contributed by atoms with Crippen molar-refractivity contribution in [2.24, 2.45) is 5.73 Å². The summed E-state index contributed by atoms with van der Waals surface area (Å²) in [6.07, 6.45) is -4.79. The van der Waals surface area contributed by atoms with Crippen LogP contribution in [0.5, 0.6) is 0 Å². The highest BCUT2D eigenvalue weighted by atomic mass is 19.4. The second kappa shape index (κ2) is 5.44. The Morgan fingerprint density at radius 1 is 1.05 bits per heavy atom. The molecule has 21 heavy (non-hydrogen) atoms. The highest BCUT2D eigenvalue weighted by Gasteiger charge is 2.35. The van der Waals surface area contributed by atoms with Gasteiger partial charge in [-0.2, -0.15) is 13.2 Å². The Morgan fingerprint density at radius 3 is 2.29 bits per heavy atom. The van der Waals surface area contributed by atoms with E-state index in [9.17, 15) is 22.0 Å². The number of rotatable bonds is 2. The SMILES string of the molecule is Cc1cc(C(N)c2cccc(C(F)(F)F)c2F)ccc1F. The van der Waals surface area contributed by atoms with Crippen LogP contribution in [0.4, 0.5) is 22.0 Å². The average molecular weight is 301 g/mol. The maximum atomic E-state index is 14.0. The summed E-state index contributed by atoms with van der Waals surface area (Å²) in [4.78, 5) is 0. The number of hydrogen-bond acceptors (Lipinski definition) is 1. The molecule has 0 aliphatic carbocycles. The van der Waals surface area contributed by atoms with Crippen molar-refractivity contribution in [2.75, 3.05) is 0 Å². The van der Waals surface area contributed by atoms with E-state index in [1.54, 1.807) is 0 Å². The van der Waals surface area contributed by atoms with E-state index >= 15 is 0 Å². The molecule has 0 aliphatic rings. The lowest BCUT2D eigenvalue weighted by Crippen LogP contribution is -2.17. The number of benzene rings is 2. The number of nitrogens with two attached hydrogens (primary N) is 1. The number of hydrogen-bond donors (Lipinski definition) is 1. The Hall–Kier alpha value is -1.95. The molecule has 0 saturated carbocycles. The Morgan fingerprint density at radius 2 is 1.71 bits per heavy atom. The third-order valence-corrected chi connectivity index (χ3v) is 3.21. The van der Waals surface area contributed by atoms with E-state index in [0.29, 0.717) is 11.6 Å². The Labute approximate surface area is 118 Å². The third-order valence-electron chi connectivity index (χ3n) is 3.21. The summed E-state index contributed by atoms with van der Waals surface area (Å²) >= 11 is 0. The fraction of sp³-hybridized carbons (Fsp3) is 0.200. The van der Waals surface area contributed by atoms with E-state index in [1.165, 1.54) is 25.1 Å². The molecule has 0 spiro atoms. The molecule has 6 heteroatoms. The summed E-state index contributed by atoms with van der Waals surface area (Å²) in [6.45, 7) is 1.49. The van der Waals surface area contributed by atoms with Gasteiger partial charge in [0, 0.05) is 5.56 Å². The lowest BCUT2D eigenvalue weighted by molar-refractivity contribution is -0.140. The van der Waals surface area contributed by atoms with Crippen LogP contribution in [-0.2, 0) is 6.18 Å². The summed E-state index contributed by atoms with van der Waals surface area (Å²) in [6, 6.07) is 5.70. The smallest absolute Gasteiger partial charge is 0.320 e. The normalized spacial score (nSPS) is 13.3. The maximum Gasteiger partial charge on any atom is 0.419 e. The predicted octanol–water partition coefficient (Wildman–Crippen LogP) is 4.34. The molecule has 0 amide bonds. The average Bonchev–Trinajstić information content (AvgIpc) is 2.40. The molecular formula is C15H12F5N. The zero-order chi connectivity index (χ0) is 15.8. The van der Waals surface area contributed by atoms with E-state index in [0.717, 1.165) is 12.1 Å². The van der Waals surface area contributed by atoms with Crippen molar-refractivity contribution in [2.45, 2.75) is 19.1 Å². The summed E-state index contributed by atoms with van der Waals surface area (Å²) < 4.78 is 65.3. The van der Waals surface area contributed by atoms with E-state index in [4.69, 9.17) is 5.73 Å². The van der Waals surface area contributed by atoms with Gasteiger partial charge in [-0.05, 0) is 30.2 Å². The first-order valence-electron chi connectivity index (χ1n) is 6.09. The van der Waals surface area contributed by atoms with Gasteiger partial charge in [0.15, 0.2) is 0 Å². The van der Waals surface area contributed by atoms with Crippen LogP contribution in [-0.4, -0.2) is 0 Å². The van der Waals surface area contributed by atoms with Crippen LogP contribution in [0.15, 0.2) is 36.4 Å². The summed E-state index contributed by atoms with van der Waals surface area (Å²) in [7, 11) is 0. The van der Waals surface area contributed by atoms with Gasteiger partial charge in [0.1, 0.15) is 11.6 Å².